The van der Waals surface area contributed by atoms with Gasteiger partial charge in [-0.1, -0.05) is 11.6 Å². The molecule has 0 saturated carbocycles. The number of nitrogens with zero attached hydrogens (tertiary/aromatic N) is 3. The Hall–Kier alpha value is -2.34. The topological polar surface area (TPSA) is 75.0 Å². The number of halogens is 1. The first-order valence-electron chi connectivity index (χ1n) is 8.37. The highest BCUT2D eigenvalue weighted by atomic mass is 35.5. The zero-order valence-corrected chi connectivity index (χ0v) is 14.9. The third kappa shape index (κ3) is 2.91. The lowest BCUT2D eigenvalue weighted by molar-refractivity contribution is -0.131. The molecule has 1 amide bonds. The van der Waals surface area contributed by atoms with Crippen molar-refractivity contribution in [3.8, 4) is 0 Å². The standard InChI is InChI=1S/C18H19ClN4O2/c1-10-6-16-13(8-14(10)19)12(9-25-16)7-17(24)23-5-3-4-15(23)18-20-11(2)21-22-18/h6,8-9,15H,3-5,7H2,1-2H3,(H,20,21,22). The third-order valence-corrected chi connectivity index (χ3v) is 5.17. The highest BCUT2D eigenvalue weighted by Gasteiger charge is 2.32. The smallest absolute Gasteiger partial charge is 0.227 e. The van der Waals surface area contributed by atoms with E-state index in [9.17, 15) is 4.79 Å². The summed E-state index contributed by atoms with van der Waals surface area (Å²) in [7, 11) is 0. The van der Waals surface area contributed by atoms with Gasteiger partial charge >= 0.3 is 0 Å². The number of furan rings is 1. The number of carbonyl (C=O) groups excluding carboxylic acids is 1. The van der Waals surface area contributed by atoms with Crippen LogP contribution in [0, 0.1) is 13.8 Å². The molecule has 0 radical (unpaired) electrons. The Bertz CT molecular complexity index is 946. The number of amides is 1. The van der Waals surface area contributed by atoms with E-state index in [4.69, 9.17) is 16.0 Å². The number of hydrogen-bond acceptors (Lipinski definition) is 4. The van der Waals surface area contributed by atoms with Gasteiger partial charge in [0, 0.05) is 22.5 Å². The molecule has 7 heteroatoms. The van der Waals surface area contributed by atoms with Gasteiger partial charge in [-0.15, -0.1) is 0 Å². The first kappa shape index (κ1) is 16.1. The largest absolute Gasteiger partial charge is 0.464 e. The van der Waals surface area contributed by atoms with Crippen molar-refractivity contribution in [3.05, 3.63) is 46.2 Å². The summed E-state index contributed by atoms with van der Waals surface area (Å²) in [6.45, 7) is 4.52. The Morgan fingerprint density at radius 2 is 2.28 bits per heavy atom. The molecule has 1 atom stereocenters. The van der Waals surface area contributed by atoms with Crippen LogP contribution < -0.4 is 0 Å². The van der Waals surface area contributed by atoms with Crippen LogP contribution in [0.15, 0.2) is 22.8 Å². The lowest BCUT2D eigenvalue weighted by atomic mass is 10.1. The van der Waals surface area contributed by atoms with E-state index in [-0.39, 0.29) is 18.4 Å². The van der Waals surface area contributed by atoms with Crippen molar-refractivity contribution in [2.75, 3.05) is 6.54 Å². The van der Waals surface area contributed by atoms with Crippen molar-refractivity contribution in [3.63, 3.8) is 0 Å². The zero-order valence-electron chi connectivity index (χ0n) is 14.2. The molecule has 2 aromatic heterocycles. The molecule has 0 bridgehead atoms. The minimum Gasteiger partial charge on any atom is -0.464 e. The molecule has 130 valence electrons. The van der Waals surface area contributed by atoms with E-state index < -0.39 is 0 Å². The number of likely N-dealkylation sites (tertiary alicyclic amines) is 1. The fraction of sp³-hybridized carbons (Fsp3) is 0.389. The van der Waals surface area contributed by atoms with Gasteiger partial charge in [0.15, 0.2) is 5.82 Å². The Morgan fingerprint density at radius 3 is 3.04 bits per heavy atom. The van der Waals surface area contributed by atoms with Gasteiger partial charge in [0.2, 0.25) is 5.91 Å². The summed E-state index contributed by atoms with van der Waals surface area (Å²) in [6.07, 6.45) is 3.79. The summed E-state index contributed by atoms with van der Waals surface area (Å²) >= 11 is 6.23. The van der Waals surface area contributed by atoms with Crippen molar-refractivity contribution in [1.82, 2.24) is 20.1 Å². The predicted octanol–water partition coefficient (Wildman–Crippen LogP) is 3.73. The minimum atomic E-state index is -0.0542. The average molecular weight is 359 g/mol. The van der Waals surface area contributed by atoms with Crippen LogP contribution >= 0.6 is 11.6 Å². The SMILES string of the molecule is Cc1nc(C2CCCN2C(=O)Cc2coc3cc(C)c(Cl)cc23)n[nH]1. The quantitative estimate of drug-likeness (QED) is 0.774. The molecule has 1 fully saturated rings. The van der Waals surface area contributed by atoms with Crippen LogP contribution in [0.3, 0.4) is 0 Å². The Kier molecular flexibility index (Phi) is 4.00. The molecule has 1 aliphatic heterocycles. The summed E-state index contributed by atoms with van der Waals surface area (Å²) in [5, 5.41) is 8.67. The maximum atomic E-state index is 12.9. The normalized spacial score (nSPS) is 17.6. The number of aromatic nitrogens is 3. The van der Waals surface area contributed by atoms with E-state index in [2.05, 4.69) is 15.2 Å². The van der Waals surface area contributed by atoms with Crippen LogP contribution in [0.4, 0.5) is 0 Å². The van der Waals surface area contributed by atoms with Gasteiger partial charge in [0.05, 0.1) is 18.7 Å². The fourth-order valence-corrected chi connectivity index (χ4v) is 3.61. The van der Waals surface area contributed by atoms with Crippen molar-refractivity contribution in [1.29, 1.82) is 0 Å². The van der Waals surface area contributed by atoms with E-state index in [0.717, 1.165) is 47.3 Å². The number of rotatable bonds is 3. The summed E-state index contributed by atoms with van der Waals surface area (Å²) in [4.78, 5) is 19.2. The summed E-state index contributed by atoms with van der Waals surface area (Å²) in [5.74, 6) is 1.52. The van der Waals surface area contributed by atoms with E-state index in [1.807, 2.05) is 30.9 Å². The molecule has 3 heterocycles. The molecule has 1 saturated heterocycles. The van der Waals surface area contributed by atoms with Crippen molar-refractivity contribution < 1.29 is 9.21 Å². The van der Waals surface area contributed by atoms with Crippen LogP contribution in [-0.2, 0) is 11.2 Å². The van der Waals surface area contributed by atoms with Gasteiger partial charge in [0.25, 0.3) is 0 Å². The van der Waals surface area contributed by atoms with Crippen LogP contribution in [0.1, 0.15) is 41.7 Å². The molecule has 1 aromatic carbocycles. The van der Waals surface area contributed by atoms with Crippen LogP contribution in [0.25, 0.3) is 11.0 Å². The lowest BCUT2D eigenvalue weighted by Crippen LogP contribution is -2.32. The summed E-state index contributed by atoms with van der Waals surface area (Å²) in [5.41, 5.74) is 2.58. The van der Waals surface area contributed by atoms with Crippen LogP contribution in [0.2, 0.25) is 5.02 Å². The Morgan fingerprint density at radius 1 is 1.44 bits per heavy atom. The molecule has 4 rings (SSSR count). The lowest BCUT2D eigenvalue weighted by Gasteiger charge is -2.22. The number of fused-ring (bicyclic) bond motifs is 1. The number of aromatic amines is 1. The molecule has 1 unspecified atom stereocenters. The van der Waals surface area contributed by atoms with Crippen LogP contribution in [-0.4, -0.2) is 32.5 Å². The van der Waals surface area contributed by atoms with E-state index in [1.165, 1.54) is 0 Å². The molecule has 6 nitrogen and oxygen atoms in total. The van der Waals surface area contributed by atoms with Gasteiger partial charge in [-0.2, -0.15) is 5.10 Å². The zero-order chi connectivity index (χ0) is 17.6. The molecular weight excluding hydrogens is 340 g/mol. The summed E-state index contributed by atoms with van der Waals surface area (Å²) < 4.78 is 5.60. The first-order chi connectivity index (χ1) is 12.0. The molecule has 1 N–H and O–H groups in total. The second-order valence-corrected chi connectivity index (χ2v) is 6.97. The molecule has 1 aliphatic rings. The van der Waals surface area contributed by atoms with Crippen molar-refractivity contribution >= 4 is 28.5 Å². The average Bonchev–Trinajstić information content (AvgIpc) is 3.29. The molecule has 0 aliphatic carbocycles. The maximum Gasteiger partial charge on any atom is 0.227 e. The van der Waals surface area contributed by atoms with Crippen LogP contribution in [0.5, 0.6) is 0 Å². The van der Waals surface area contributed by atoms with E-state index in [1.54, 1.807) is 6.26 Å². The first-order valence-corrected chi connectivity index (χ1v) is 8.75. The minimum absolute atomic E-state index is 0.0542. The van der Waals surface area contributed by atoms with Crippen molar-refractivity contribution in [2.24, 2.45) is 0 Å². The summed E-state index contributed by atoms with van der Waals surface area (Å²) in [6, 6.07) is 3.72. The van der Waals surface area contributed by atoms with Gasteiger partial charge in [-0.05, 0) is 44.4 Å². The van der Waals surface area contributed by atoms with Crippen molar-refractivity contribution in [2.45, 2.75) is 39.2 Å². The van der Waals surface area contributed by atoms with E-state index >= 15 is 0 Å². The number of H-pyrrole nitrogens is 1. The highest BCUT2D eigenvalue weighted by Crippen LogP contribution is 2.32. The van der Waals surface area contributed by atoms with Gasteiger partial charge < -0.3 is 9.32 Å². The number of carbonyl (C=O) groups is 1. The molecule has 25 heavy (non-hydrogen) atoms. The monoisotopic (exact) mass is 358 g/mol. The Balaban J connectivity index is 1.58. The number of aryl methyl sites for hydroxylation is 2. The maximum absolute atomic E-state index is 12.9. The van der Waals surface area contributed by atoms with Gasteiger partial charge in [-0.3, -0.25) is 9.89 Å². The molecule has 0 spiro atoms. The predicted molar refractivity (Wildman–Crippen MR) is 94.5 cm³/mol. The molecule has 3 aromatic rings. The third-order valence-electron chi connectivity index (χ3n) is 4.76. The Labute approximate surface area is 150 Å². The van der Waals surface area contributed by atoms with E-state index in [0.29, 0.717) is 10.8 Å². The van der Waals surface area contributed by atoms with Gasteiger partial charge in [0.1, 0.15) is 11.4 Å². The highest BCUT2D eigenvalue weighted by molar-refractivity contribution is 6.32. The number of hydrogen-bond donors (Lipinski definition) is 1. The second kappa shape index (κ2) is 6.19. The second-order valence-electron chi connectivity index (χ2n) is 6.56. The number of benzene rings is 1. The number of nitrogens with one attached hydrogen (secondary N) is 1. The molecular formula is C18H19ClN4O2. The van der Waals surface area contributed by atoms with Gasteiger partial charge in [-0.25, -0.2) is 4.98 Å². The fourth-order valence-electron chi connectivity index (χ4n) is 3.45.